The molecule has 0 fully saturated rings. The van der Waals surface area contributed by atoms with Crippen LogP contribution in [-0.2, 0) is 10.0 Å². The summed E-state index contributed by atoms with van der Waals surface area (Å²) in [6.07, 6.45) is 1.63. The van der Waals surface area contributed by atoms with Crippen LogP contribution in [0.3, 0.4) is 0 Å². The lowest BCUT2D eigenvalue weighted by atomic mass is 10.1. The number of hydrogen-bond acceptors (Lipinski definition) is 4. The van der Waals surface area contributed by atoms with Gasteiger partial charge in [-0.25, -0.2) is 8.42 Å². The van der Waals surface area contributed by atoms with Gasteiger partial charge in [0.25, 0.3) is 15.9 Å². The summed E-state index contributed by atoms with van der Waals surface area (Å²) in [6, 6.07) is 13.3. The van der Waals surface area contributed by atoms with Gasteiger partial charge in [0, 0.05) is 33.1 Å². The lowest BCUT2D eigenvalue weighted by Crippen LogP contribution is -2.13. The highest BCUT2D eigenvalue weighted by Gasteiger charge is 2.26. The fourth-order valence-corrected chi connectivity index (χ4v) is 4.57. The molecular formula is C18H12N4O3S. The fourth-order valence-electron chi connectivity index (χ4n) is 3.31. The first-order valence-electron chi connectivity index (χ1n) is 7.86. The van der Waals surface area contributed by atoms with Gasteiger partial charge < -0.3 is 5.32 Å². The molecule has 8 heteroatoms. The summed E-state index contributed by atoms with van der Waals surface area (Å²) in [6.45, 7) is 0. The minimum atomic E-state index is -3.83. The van der Waals surface area contributed by atoms with E-state index in [-0.39, 0.29) is 10.8 Å². The molecule has 0 aliphatic carbocycles. The number of rotatable bonds is 3. The van der Waals surface area contributed by atoms with E-state index >= 15 is 0 Å². The van der Waals surface area contributed by atoms with E-state index in [4.69, 9.17) is 0 Å². The number of sulfonamides is 1. The molecular weight excluding hydrogens is 352 g/mol. The lowest BCUT2D eigenvalue weighted by molar-refractivity contribution is 0.103. The van der Waals surface area contributed by atoms with E-state index in [1.807, 2.05) is 0 Å². The largest absolute Gasteiger partial charge is 0.321 e. The number of carbonyl (C=O) groups excluding carboxylic acids is 1. The summed E-state index contributed by atoms with van der Waals surface area (Å²) < 4.78 is 28.6. The van der Waals surface area contributed by atoms with Crippen LogP contribution in [0.5, 0.6) is 0 Å². The van der Waals surface area contributed by atoms with Gasteiger partial charge >= 0.3 is 0 Å². The van der Waals surface area contributed by atoms with Crippen molar-refractivity contribution < 1.29 is 13.2 Å². The smallest absolute Gasteiger partial charge is 0.262 e. The second-order valence-corrected chi connectivity index (χ2v) is 7.72. The predicted octanol–water partition coefficient (Wildman–Crippen LogP) is 3.08. The van der Waals surface area contributed by atoms with Crippen molar-refractivity contribution in [3.63, 3.8) is 0 Å². The van der Waals surface area contributed by atoms with Gasteiger partial charge in [-0.05, 0) is 36.4 Å². The number of benzene rings is 3. The molecule has 0 spiro atoms. The molecule has 1 aromatic heterocycles. The zero-order valence-electron chi connectivity index (χ0n) is 13.3. The van der Waals surface area contributed by atoms with Crippen LogP contribution in [-0.4, -0.2) is 24.5 Å². The molecule has 4 aromatic rings. The van der Waals surface area contributed by atoms with Crippen LogP contribution in [0.1, 0.15) is 10.4 Å². The van der Waals surface area contributed by atoms with Gasteiger partial charge in [-0.2, -0.15) is 5.10 Å². The molecule has 1 aliphatic rings. The average molecular weight is 364 g/mol. The van der Waals surface area contributed by atoms with Crippen molar-refractivity contribution in [3.8, 4) is 0 Å². The number of fused-ring (bicyclic) bond motifs is 1. The van der Waals surface area contributed by atoms with E-state index in [1.165, 1.54) is 6.07 Å². The van der Waals surface area contributed by atoms with E-state index in [1.54, 1.807) is 48.7 Å². The van der Waals surface area contributed by atoms with Gasteiger partial charge in [-0.3, -0.25) is 14.6 Å². The highest BCUT2D eigenvalue weighted by atomic mass is 32.2. The maximum absolute atomic E-state index is 13.0. The molecule has 5 rings (SSSR count). The molecule has 3 aromatic carbocycles. The third-order valence-corrected chi connectivity index (χ3v) is 5.91. The first-order valence-corrected chi connectivity index (χ1v) is 9.34. The first kappa shape index (κ1) is 14.9. The molecule has 2 heterocycles. The standard InChI is InChI=1S/C18H12N4O3S/c23-18-13-3-1-2-12-16(7-6-15(20-18)17(12)13)26(24,25)22-11-4-5-14-10(8-11)9-19-21-14/h1-9,22H,(H,19,21)(H,20,23). The number of amides is 1. The Hall–Kier alpha value is -3.39. The zero-order chi connectivity index (χ0) is 17.9. The van der Waals surface area contributed by atoms with E-state index in [2.05, 4.69) is 20.2 Å². The number of hydrogen-bond donors (Lipinski definition) is 3. The predicted molar refractivity (Wildman–Crippen MR) is 98.8 cm³/mol. The molecule has 0 atom stereocenters. The Labute approximate surface area is 148 Å². The van der Waals surface area contributed by atoms with E-state index < -0.39 is 10.0 Å². The maximum atomic E-state index is 13.0. The van der Waals surface area contributed by atoms with Gasteiger partial charge in [-0.1, -0.05) is 12.1 Å². The van der Waals surface area contributed by atoms with Crippen LogP contribution in [0.25, 0.3) is 21.7 Å². The molecule has 0 unspecified atom stereocenters. The second-order valence-electron chi connectivity index (χ2n) is 6.07. The van der Waals surface area contributed by atoms with Crippen LogP contribution in [0.2, 0.25) is 0 Å². The van der Waals surface area contributed by atoms with Crippen molar-refractivity contribution in [2.45, 2.75) is 4.90 Å². The Kier molecular flexibility index (Phi) is 2.90. The summed E-state index contributed by atoms with van der Waals surface area (Å²) in [5.41, 5.74) is 2.37. The normalized spacial score (nSPS) is 13.3. The van der Waals surface area contributed by atoms with Crippen molar-refractivity contribution in [2.24, 2.45) is 0 Å². The Morgan fingerprint density at radius 3 is 2.81 bits per heavy atom. The van der Waals surface area contributed by atoms with E-state index in [0.717, 1.165) is 10.9 Å². The maximum Gasteiger partial charge on any atom is 0.262 e. The highest BCUT2D eigenvalue weighted by molar-refractivity contribution is 7.93. The molecule has 0 saturated carbocycles. The lowest BCUT2D eigenvalue weighted by Gasteiger charge is -2.11. The van der Waals surface area contributed by atoms with Crippen molar-refractivity contribution in [2.75, 3.05) is 10.0 Å². The molecule has 26 heavy (non-hydrogen) atoms. The Morgan fingerprint density at radius 1 is 1.04 bits per heavy atom. The molecule has 0 radical (unpaired) electrons. The van der Waals surface area contributed by atoms with Crippen LogP contribution >= 0.6 is 0 Å². The summed E-state index contributed by atoms with van der Waals surface area (Å²) >= 11 is 0. The number of H-pyrrole nitrogens is 1. The van der Waals surface area contributed by atoms with Crippen LogP contribution < -0.4 is 10.0 Å². The highest BCUT2D eigenvalue weighted by Crippen LogP contribution is 2.37. The Balaban J connectivity index is 1.65. The number of anilines is 2. The first-order chi connectivity index (χ1) is 12.5. The van der Waals surface area contributed by atoms with Gasteiger partial charge in [0.05, 0.1) is 16.6 Å². The summed E-state index contributed by atoms with van der Waals surface area (Å²) in [5, 5.41) is 11.5. The summed E-state index contributed by atoms with van der Waals surface area (Å²) in [4.78, 5) is 12.1. The molecule has 128 valence electrons. The quantitative estimate of drug-likeness (QED) is 0.520. The topological polar surface area (TPSA) is 104 Å². The minimum absolute atomic E-state index is 0.127. The molecule has 1 aliphatic heterocycles. The van der Waals surface area contributed by atoms with Gasteiger partial charge in [-0.15, -0.1) is 0 Å². The van der Waals surface area contributed by atoms with Crippen LogP contribution in [0, 0.1) is 0 Å². The fraction of sp³-hybridized carbons (Fsp3) is 0. The van der Waals surface area contributed by atoms with Crippen LogP contribution in [0.15, 0.2) is 59.6 Å². The Bertz CT molecular complexity index is 1330. The molecule has 1 amide bonds. The molecule has 0 bridgehead atoms. The van der Waals surface area contributed by atoms with Gasteiger partial charge in [0.15, 0.2) is 0 Å². The third-order valence-electron chi connectivity index (χ3n) is 4.48. The molecule has 7 nitrogen and oxygen atoms in total. The van der Waals surface area contributed by atoms with Crippen LogP contribution in [0.4, 0.5) is 11.4 Å². The van der Waals surface area contributed by atoms with Crippen molar-refractivity contribution in [1.82, 2.24) is 10.2 Å². The van der Waals surface area contributed by atoms with Gasteiger partial charge in [0.2, 0.25) is 0 Å². The molecule has 0 saturated heterocycles. The number of nitrogens with zero attached hydrogens (tertiary/aromatic N) is 1. The molecule has 3 N–H and O–H groups in total. The number of aromatic amines is 1. The Morgan fingerprint density at radius 2 is 1.92 bits per heavy atom. The zero-order valence-corrected chi connectivity index (χ0v) is 14.1. The number of carbonyl (C=O) groups is 1. The third kappa shape index (κ3) is 2.09. The SMILES string of the molecule is O=C1Nc2ccc(S(=O)(=O)Nc3ccc4[nH]ncc4c3)c3cccc1c23. The van der Waals surface area contributed by atoms with Crippen molar-refractivity contribution in [1.29, 1.82) is 0 Å². The van der Waals surface area contributed by atoms with Crippen molar-refractivity contribution >= 4 is 49.0 Å². The summed E-state index contributed by atoms with van der Waals surface area (Å²) in [7, 11) is -3.83. The van der Waals surface area contributed by atoms with Crippen molar-refractivity contribution in [3.05, 3.63) is 60.3 Å². The monoisotopic (exact) mass is 364 g/mol. The number of aromatic nitrogens is 2. The van der Waals surface area contributed by atoms with Gasteiger partial charge in [0.1, 0.15) is 0 Å². The number of nitrogens with one attached hydrogen (secondary N) is 3. The van der Waals surface area contributed by atoms with E-state index in [9.17, 15) is 13.2 Å². The second kappa shape index (κ2) is 5.06. The summed E-state index contributed by atoms with van der Waals surface area (Å²) in [5.74, 6) is -0.224. The minimum Gasteiger partial charge on any atom is -0.321 e. The average Bonchev–Trinajstić information content (AvgIpc) is 3.20. The van der Waals surface area contributed by atoms with E-state index in [0.29, 0.717) is 27.7 Å².